The molecule has 6 aliphatic rings. The van der Waals surface area contributed by atoms with Crippen LogP contribution in [-0.2, 0) is 19.1 Å². The molecule has 0 aromatic carbocycles. The highest BCUT2D eigenvalue weighted by atomic mass is 16.5. The van der Waals surface area contributed by atoms with Crippen molar-refractivity contribution in [2.45, 2.75) is 137 Å². The van der Waals surface area contributed by atoms with Gasteiger partial charge in [0.2, 0.25) is 0 Å². The summed E-state index contributed by atoms with van der Waals surface area (Å²) in [7, 11) is 0. The minimum absolute atomic E-state index is 0.121. The number of allylic oxidation sites excluding steroid dienone is 1. The zero-order valence-electron chi connectivity index (χ0n) is 27.0. The Kier molecular flexibility index (Phi) is 7.35. The number of ketones is 1. The fourth-order valence-electron chi connectivity index (χ4n) is 12.4. The lowest BCUT2D eigenvalue weighted by molar-refractivity contribution is -0.214. The van der Waals surface area contributed by atoms with Gasteiger partial charge in [-0.2, -0.15) is 0 Å². The van der Waals surface area contributed by atoms with Crippen LogP contribution in [0, 0.1) is 57.7 Å². The van der Waals surface area contributed by atoms with Crippen molar-refractivity contribution in [1.82, 2.24) is 0 Å². The van der Waals surface area contributed by atoms with Gasteiger partial charge in [-0.1, -0.05) is 48.0 Å². The number of fused-ring (bicyclic) bond motifs is 7. The second-order valence-electron chi connectivity index (χ2n) is 16.9. The van der Waals surface area contributed by atoms with Crippen LogP contribution in [0.4, 0.5) is 0 Å². The molecule has 6 rings (SSSR count). The van der Waals surface area contributed by atoms with Crippen LogP contribution in [-0.4, -0.2) is 34.5 Å². The molecule has 0 aromatic rings. The summed E-state index contributed by atoms with van der Waals surface area (Å²) in [5, 5.41) is 9.52. The number of rotatable bonds is 4. The zero-order valence-corrected chi connectivity index (χ0v) is 27.0. The van der Waals surface area contributed by atoms with Gasteiger partial charge in [-0.3, -0.25) is 14.4 Å². The minimum atomic E-state index is -0.785. The summed E-state index contributed by atoms with van der Waals surface area (Å²) in [5.41, 5.74) is 9.31. The molecule has 10 atom stereocenters. The van der Waals surface area contributed by atoms with E-state index in [4.69, 9.17) is 10.5 Å². The second kappa shape index (κ2) is 10.2. The number of carboxylic acid groups (broad SMARTS) is 1. The molecular formula is C36H55NO5. The Labute approximate surface area is 253 Å². The molecule has 0 amide bonds. The van der Waals surface area contributed by atoms with Crippen molar-refractivity contribution in [2.75, 3.05) is 0 Å². The average molecular weight is 582 g/mol. The van der Waals surface area contributed by atoms with Gasteiger partial charge < -0.3 is 15.6 Å². The van der Waals surface area contributed by atoms with Crippen LogP contribution < -0.4 is 5.73 Å². The molecule has 0 aliphatic heterocycles. The predicted octanol–water partition coefficient (Wildman–Crippen LogP) is 7.09. The van der Waals surface area contributed by atoms with Gasteiger partial charge >= 0.3 is 11.9 Å². The first-order chi connectivity index (χ1) is 19.6. The van der Waals surface area contributed by atoms with E-state index < -0.39 is 17.4 Å². The zero-order chi connectivity index (χ0) is 30.4. The van der Waals surface area contributed by atoms with E-state index in [9.17, 15) is 19.5 Å². The number of carbonyl (C=O) groups is 3. The van der Waals surface area contributed by atoms with Crippen LogP contribution in [0.25, 0.3) is 0 Å². The predicted molar refractivity (Wildman–Crippen MR) is 162 cm³/mol. The highest BCUT2D eigenvalue weighted by Gasteiger charge is 2.66. The SMILES string of the molecule is CC(C)C1=C2C3CCC4C(C)(CCC5C(C)(C)[C@@H](OC(=O)C6CCCC(C(=O)O)C6)CC[C@]45C)C3CC[C@@]2(N)CC1=O. The smallest absolute Gasteiger partial charge is 0.309 e. The van der Waals surface area contributed by atoms with Crippen LogP contribution in [0.2, 0.25) is 0 Å². The molecule has 3 N–H and O–H groups in total. The Morgan fingerprint density at radius 3 is 2.26 bits per heavy atom. The second-order valence-corrected chi connectivity index (χ2v) is 16.9. The lowest BCUT2D eigenvalue weighted by Gasteiger charge is -2.68. The molecule has 6 heteroatoms. The Hall–Kier alpha value is -1.69. The third-order valence-corrected chi connectivity index (χ3v) is 14.2. The van der Waals surface area contributed by atoms with E-state index >= 15 is 0 Å². The van der Waals surface area contributed by atoms with E-state index in [1.807, 2.05) is 0 Å². The molecule has 0 bridgehead atoms. The summed E-state index contributed by atoms with van der Waals surface area (Å²) in [6.07, 6.45) is 11.6. The van der Waals surface area contributed by atoms with Gasteiger partial charge in [-0.05, 0) is 122 Å². The molecule has 0 aromatic heterocycles. The summed E-state index contributed by atoms with van der Waals surface area (Å²) >= 11 is 0. The summed E-state index contributed by atoms with van der Waals surface area (Å²) in [6.45, 7) is 14.1. The van der Waals surface area contributed by atoms with Crippen molar-refractivity contribution in [3.63, 3.8) is 0 Å². The number of hydrogen-bond donors (Lipinski definition) is 2. The van der Waals surface area contributed by atoms with Gasteiger partial charge in [-0.25, -0.2) is 0 Å². The summed E-state index contributed by atoms with van der Waals surface area (Å²) < 4.78 is 6.33. The Bertz CT molecular complexity index is 1190. The normalized spacial score (nSPS) is 46.4. The average Bonchev–Trinajstić information content (AvgIpc) is 3.20. The maximum absolute atomic E-state index is 13.4. The van der Waals surface area contributed by atoms with Gasteiger partial charge in [0.1, 0.15) is 6.10 Å². The first-order valence-electron chi connectivity index (χ1n) is 17.1. The molecule has 6 nitrogen and oxygen atoms in total. The number of carbonyl (C=O) groups excluding carboxylic acids is 2. The fourth-order valence-corrected chi connectivity index (χ4v) is 12.4. The number of ether oxygens (including phenoxy) is 1. The van der Waals surface area contributed by atoms with Crippen molar-refractivity contribution in [2.24, 2.45) is 63.4 Å². The number of aliphatic carboxylic acids is 1. The minimum Gasteiger partial charge on any atom is -0.481 e. The molecule has 0 saturated heterocycles. The maximum atomic E-state index is 13.4. The maximum Gasteiger partial charge on any atom is 0.309 e. The fraction of sp³-hybridized carbons (Fsp3) is 0.861. The third-order valence-electron chi connectivity index (χ3n) is 14.2. The van der Waals surface area contributed by atoms with Gasteiger partial charge in [0.05, 0.1) is 11.8 Å². The Morgan fingerprint density at radius 1 is 0.881 bits per heavy atom. The van der Waals surface area contributed by atoms with Crippen LogP contribution in [0.3, 0.4) is 0 Å². The largest absolute Gasteiger partial charge is 0.481 e. The molecular weight excluding hydrogens is 526 g/mol. The third kappa shape index (κ3) is 4.38. The number of esters is 1. The van der Waals surface area contributed by atoms with Crippen LogP contribution in [0.1, 0.15) is 125 Å². The highest BCUT2D eigenvalue weighted by Crippen LogP contribution is 2.72. The number of Topliss-reactive ketones (excluding diaryl/α,β-unsaturated/α-hetero) is 1. The first-order valence-corrected chi connectivity index (χ1v) is 17.1. The van der Waals surface area contributed by atoms with E-state index in [-0.39, 0.29) is 40.2 Å². The summed E-state index contributed by atoms with van der Waals surface area (Å²) in [6, 6.07) is 0. The van der Waals surface area contributed by atoms with Crippen molar-refractivity contribution in [1.29, 1.82) is 0 Å². The Balaban J connectivity index is 1.22. The molecule has 5 fully saturated rings. The number of carboxylic acids is 1. The summed E-state index contributed by atoms with van der Waals surface area (Å²) in [5.74, 6) is 0.957. The van der Waals surface area contributed by atoms with E-state index in [0.717, 1.165) is 56.9 Å². The van der Waals surface area contributed by atoms with Crippen LogP contribution >= 0.6 is 0 Å². The topological polar surface area (TPSA) is 107 Å². The first kappa shape index (κ1) is 30.3. The van der Waals surface area contributed by atoms with E-state index in [2.05, 4.69) is 41.5 Å². The van der Waals surface area contributed by atoms with Gasteiger partial charge in [-0.15, -0.1) is 0 Å². The van der Waals surface area contributed by atoms with Gasteiger partial charge in [0, 0.05) is 17.4 Å². The van der Waals surface area contributed by atoms with Crippen LogP contribution in [0.5, 0.6) is 0 Å². The molecule has 7 unspecified atom stereocenters. The lowest BCUT2D eigenvalue weighted by Crippen LogP contribution is -2.63. The molecule has 6 aliphatic carbocycles. The quantitative estimate of drug-likeness (QED) is 0.343. The molecule has 0 heterocycles. The number of hydrogen-bond acceptors (Lipinski definition) is 5. The highest BCUT2D eigenvalue weighted by molar-refractivity contribution is 6.01. The number of nitrogens with two attached hydrogens (primary N) is 1. The van der Waals surface area contributed by atoms with Crippen molar-refractivity contribution in [3.05, 3.63) is 11.1 Å². The monoisotopic (exact) mass is 581 g/mol. The van der Waals surface area contributed by atoms with Crippen molar-refractivity contribution < 1.29 is 24.2 Å². The molecule has 5 saturated carbocycles. The van der Waals surface area contributed by atoms with Crippen LogP contribution in [0.15, 0.2) is 11.1 Å². The molecule has 234 valence electrons. The van der Waals surface area contributed by atoms with E-state index in [1.165, 1.54) is 18.4 Å². The van der Waals surface area contributed by atoms with Gasteiger partial charge in [0.15, 0.2) is 5.78 Å². The standard InChI is InChI=1S/C36H55NO5/c1-20(2)29-25(38)19-36(37)17-12-24-23(30(29)36)10-11-27-34(24,5)15-13-26-33(3,4)28(14-16-35(26,27)6)42-32(41)22-9-7-8-21(18-22)31(39)40/h20-24,26-28H,7-19,37H2,1-6H3,(H,39,40)/t21?,22?,23?,24?,26?,27?,28-,34?,35-,36+/m0/s1. The Morgan fingerprint density at radius 2 is 1.57 bits per heavy atom. The molecule has 0 spiro atoms. The van der Waals surface area contributed by atoms with Crippen molar-refractivity contribution in [3.8, 4) is 0 Å². The molecule has 42 heavy (non-hydrogen) atoms. The van der Waals surface area contributed by atoms with E-state index in [0.29, 0.717) is 48.7 Å². The van der Waals surface area contributed by atoms with Gasteiger partial charge in [0.25, 0.3) is 0 Å². The van der Waals surface area contributed by atoms with Crippen molar-refractivity contribution >= 4 is 17.7 Å². The van der Waals surface area contributed by atoms with E-state index in [1.54, 1.807) is 0 Å². The lowest BCUT2D eigenvalue weighted by atomic mass is 9.37. The molecule has 0 radical (unpaired) electrons. The summed E-state index contributed by atoms with van der Waals surface area (Å²) in [4.78, 5) is 38.1.